The number of aliphatic hydroxyl groups is 1. The van der Waals surface area contributed by atoms with Crippen LogP contribution in [0.4, 0.5) is 17.3 Å². The molecule has 0 spiro atoms. The van der Waals surface area contributed by atoms with Crippen molar-refractivity contribution in [1.29, 1.82) is 0 Å². The maximum absolute atomic E-state index is 11.0. The summed E-state index contributed by atoms with van der Waals surface area (Å²) in [6.45, 7) is 2.73. The van der Waals surface area contributed by atoms with Crippen molar-refractivity contribution in [2.24, 2.45) is 0 Å². The lowest BCUT2D eigenvalue weighted by Crippen LogP contribution is -2.39. The van der Waals surface area contributed by atoms with Gasteiger partial charge in [-0.1, -0.05) is 19.8 Å². The molecule has 1 aliphatic carbocycles. The molecule has 0 saturated heterocycles. The van der Waals surface area contributed by atoms with Crippen molar-refractivity contribution < 1.29 is 10.0 Å². The van der Waals surface area contributed by atoms with E-state index in [1.165, 1.54) is 12.1 Å². The van der Waals surface area contributed by atoms with Crippen LogP contribution in [0.15, 0.2) is 12.1 Å². The zero-order chi connectivity index (χ0) is 15.3. The van der Waals surface area contributed by atoms with Crippen LogP contribution in [0.25, 0.3) is 0 Å². The SMILES string of the molecule is CCCNc1cc([N+](=O)[O-])cc(NC2(CO)CCCC2)n1. The van der Waals surface area contributed by atoms with E-state index < -0.39 is 10.5 Å². The lowest BCUT2D eigenvalue weighted by atomic mass is 9.99. The monoisotopic (exact) mass is 294 g/mol. The van der Waals surface area contributed by atoms with Gasteiger partial charge in [0.2, 0.25) is 0 Å². The predicted molar refractivity (Wildman–Crippen MR) is 81.6 cm³/mol. The average molecular weight is 294 g/mol. The Morgan fingerprint density at radius 2 is 2.05 bits per heavy atom. The smallest absolute Gasteiger partial charge is 0.276 e. The van der Waals surface area contributed by atoms with Gasteiger partial charge < -0.3 is 15.7 Å². The summed E-state index contributed by atoms with van der Waals surface area (Å²) in [4.78, 5) is 15.0. The van der Waals surface area contributed by atoms with E-state index >= 15 is 0 Å². The largest absolute Gasteiger partial charge is 0.394 e. The van der Waals surface area contributed by atoms with Crippen molar-refractivity contribution >= 4 is 17.3 Å². The molecule has 0 unspecified atom stereocenters. The van der Waals surface area contributed by atoms with Crippen LogP contribution in [-0.2, 0) is 0 Å². The van der Waals surface area contributed by atoms with E-state index in [1.54, 1.807) is 0 Å². The minimum atomic E-state index is -0.426. The van der Waals surface area contributed by atoms with E-state index in [-0.39, 0.29) is 12.3 Å². The van der Waals surface area contributed by atoms with Crippen LogP contribution in [0.3, 0.4) is 0 Å². The Kier molecular flexibility index (Phi) is 4.95. The second-order valence-electron chi connectivity index (χ2n) is 5.55. The Morgan fingerprint density at radius 3 is 2.62 bits per heavy atom. The number of nitro groups is 1. The number of aliphatic hydroxyl groups excluding tert-OH is 1. The summed E-state index contributed by atoms with van der Waals surface area (Å²) >= 11 is 0. The first-order valence-electron chi connectivity index (χ1n) is 7.38. The topological polar surface area (TPSA) is 100 Å². The zero-order valence-corrected chi connectivity index (χ0v) is 12.3. The van der Waals surface area contributed by atoms with E-state index in [1.807, 2.05) is 6.92 Å². The first kappa shape index (κ1) is 15.5. The highest BCUT2D eigenvalue weighted by molar-refractivity contribution is 5.55. The molecule has 1 aromatic rings. The molecule has 0 radical (unpaired) electrons. The minimum Gasteiger partial charge on any atom is -0.394 e. The van der Waals surface area contributed by atoms with Crippen LogP contribution >= 0.6 is 0 Å². The highest BCUT2D eigenvalue weighted by atomic mass is 16.6. The molecule has 7 heteroatoms. The first-order valence-corrected chi connectivity index (χ1v) is 7.38. The summed E-state index contributed by atoms with van der Waals surface area (Å²) in [5.74, 6) is 0.929. The molecule has 1 saturated carbocycles. The van der Waals surface area contributed by atoms with E-state index in [0.717, 1.165) is 32.1 Å². The number of hydrogen-bond acceptors (Lipinski definition) is 6. The summed E-state index contributed by atoms with van der Waals surface area (Å²) in [6, 6.07) is 2.86. The molecule has 2 rings (SSSR count). The van der Waals surface area contributed by atoms with Gasteiger partial charge in [-0.25, -0.2) is 4.98 Å². The lowest BCUT2D eigenvalue weighted by molar-refractivity contribution is -0.384. The fraction of sp³-hybridized carbons (Fsp3) is 0.643. The highest BCUT2D eigenvalue weighted by Crippen LogP contribution is 2.33. The molecule has 116 valence electrons. The molecule has 1 heterocycles. The Labute approximate surface area is 123 Å². The van der Waals surface area contributed by atoms with Gasteiger partial charge >= 0.3 is 0 Å². The molecule has 7 nitrogen and oxygen atoms in total. The Balaban J connectivity index is 2.24. The van der Waals surface area contributed by atoms with Crippen molar-refractivity contribution in [3.05, 3.63) is 22.2 Å². The molecular formula is C14H22N4O3. The van der Waals surface area contributed by atoms with Crippen molar-refractivity contribution in [1.82, 2.24) is 4.98 Å². The molecule has 0 aliphatic heterocycles. The van der Waals surface area contributed by atoms with Crippen LogP contribution in [0.2, 0.25) is 0 Å². The number of rotatable bonds is 7. The molecule has 0 aromatic carbocycles. The average Bonchev–Trinajstić information content (AvgIpc) is 2.94. The van der Waals surface area contributed by atoms with Crippen LogP contribution in [0.5, 0.6) is 0 Å². The first-order chi connectivity index (χ1) is 10.1. The van der Waals surface area contributed by atoms with E-state index in [4.69, 9.17) is 0 Å². The molecule has 1 aromatic heterocycles. The Morgan fingerprint density at radius 1 is 1.38 bits per heavy atom. The second-order valence-corrected chi connectivity index (χ2v) is 5.55. The van der Waals surface area contributed by atoms with Gasteiger partial charge in [-0.3, -0.25) is 10.1 Å². The third-order valence-corrected chi connectivity index (χ3v) is 3.83. The van der Waals surface area contributed by atoms with Gasteiger partial charge in [0.05, 0.1) is 29.2 Å². The van der Waals surface area contributed by atoms with Crippen LogP contribution in [0, 0.1) is 10.1 Å². The number of nitrogens with zero attached hydrogens (tertiary/aromatic N) is 2. The summed E-state index contributed by atoms with van der Waals surface area (Å²) in [6.07, 6.45) is 4.71. The van der Waals surface area contributed by atoms with E-state index in [9.17, 15) is 15.2 Å². The summed E-state index contributed by atoms with van der Waals surface area (Å²) in [5.41, 5.74) is -0.401. The third-order valence-electron chi connectivity index (χ3n) is 3.83. The summed E-state index contributed by atoms with van der Waals surface area (Å²) in [7, 11) is 0. The molecule has 0 amide bonds. The number of nitrogens with one attached hydrogen (secondary N) is 2. The number of aromatic nitrogens is 1. The molecule has 0 atom stereocenters. The third kappa shape index (κ3) is 3.81. The molecule has 21 heavy (non-hydrogen) atoms. The fourth-order valence-corrected chi connectivity index (χ4v) is 2.68. The van der Waals surface area contributed by atoms with Gasteiger partial charge in [0.15, 0.2) is 0 Å². The maximum atomic E-state index is 11.0. The normalized spacial score (nSPS) is 16.7. The van der Waals surface area contributed by atoms with Crippen molar-refractivity contribution in [3.8, 4) is 0 Å². The standard InChI is InChI=1S/C14H22N4O3/c1-2-7-15-12-8-11(18(20)21)9-13(16-12)17-14(10-19)5-3-4-6-14/h8-9,19H,2-7,10H2,1H3,(H2,15,16,17). The zero-order valence-electron chi connectivity index (χ0n) is 12.3. The molecule has 1 aliphatic rings. The van der Waals surface area contributed by atoms with Crippen molar-refractivity contribution in [2.75, 3.05) is 23.8 Å². The van der Waals surface area contributed by atoms with Gasteiger partial charge in [-0.15, -0.1) is 0 Å². The maximum Gasteiger partial charge on any atom is 0.276 e. The van der Waals surface area contributed by atoms with Gasteiger partial charge in [0.25, 0.3) is 5.69 Å². The Hall–Kier alpha value is -1.89. The van der Waals surface area contributed by atoms with Gasteiger partial charge in [-0.05, 0) is 19.3 Å². The quantitative estimate of drug-likeness (QED) is 0.528. The molecule has 0 bridgehead atoms. The molecular weight excluding hydrogens is 272 g/mol. The van der Waals surface area contributed by atoms with Crippen molar-refractivity contribution in [3.63, 3.8) is 0 Å². The summed E-state index contributed by atoms with van der Waals surface area (Å²) < 4.78 is 0. The van der Waals surface area contributed by atoms with E-state index in [2.05, 4.69) is 15.6 Å². The minimum absolute atomic E-state index is 0.00260. The van der Waals surface area contributed by atoms with Crippen LogP contribution < -0.4 is 10.6 Å². The lowest BCUT2D eigenvalue weighted by Gasteiger charge is -2.28. The van der Waals surface area contributed by atoms with Crippen LogP contribution in [-0.4, -0.2) is 33.7 Å². The van der Waals surface area contributed by atoms with E-state index in [0.29, 0.717) is 18.2 Å². The fourth-order valence-electron chi connectivity index (χ4n) is 2.68. The molecule has 3 N–H and O–H groups in total. The number of pyridine rings is 1. The predicted octanol–water partition coefficient (Wildman–Crippen LogP) is 2.53. The molecule has 1 fully saturated rings. The van der Waals surface area contributed by atoms with Crippen LogP contribution in [0.1, 0.15) is 39.0 Å². The number of anilines is 2. The number of hydrogen-bond donors (Lipinski definition) is 3. The van der Waals surface area contributed by atoms with Gasteiger partial charge in [0, 0.05) is 6.54 Å². The Bertz CT molecular complexity index is 501. The van der Waals surface area contributed by atoms with Gasteiger partial charge in [-0.2, -0.15) is 0 Å². The van der Waals surface area contributed by atoms with Crippen molar-refractivity contribution in [2.45, 2.75) is 44.6 Å². The summed E-state index contributed by atoms with van der Waals surface area (Å²) in [5, 5.41) is 26.9. The second kappa shape index (κ2) is 6.71. The van der Waals surface area contributed by atoms with Gasteiger partial charge in [0.1, 0.15) is 11.6 Å². The highest BCUT2D eigenvalue weighted by Gasteiger charge is 2.33.